The quantitative estimate of drug-likeness (QED) is 0.806. The molecule has 0 aromatic heterocycles. The summed E-state index contributed by atoms with van der Waals surface area (Å²) >= 11 is 0. The van der Waals surface area contributed by atoms with Crippen molar-refractivity contribution >= 4 is 11.9 Å². The maximum Gasteiger partial charge on any atom is 0.328 e. The van der Waals surface area contributed by atoms with Crippen LogP contribution in [-0.4, -0.2) is 31.6 Å². The Morgan fingerprint density at radius 2 is 2.00 bits per heavy atom. The molecule has 5 nitrogen and oxygen atoms in total. The van der Waals surface area contributed by atoms with Gasteiger partial charge in [-0.05, 0) is 37.5 Å². The minimum absolute atomic E-state index is 0.127. The van der Waals surface area contributed by atoms with Crippen LogP contribution in [0, 0.1) is 13.8 Å². The molecule has 1 aromatic rings. The maximum atomic E-state index is 11.8. The molecule has 1 N–H and O–H groups in total. The van der Waals surface area contributed by atoms with Gasteiger partial charge in [0.2, 0.25) is 0 Å². The Morgan fingerprint density at radius 3 is 2.60 bits per heavy atom. The molecule has 20 heavy (non-hydrogen) atoms. The minimum Gasteiger partial charge on any atom is -0.483 e. The number of rotatable bonds is 6. The van der Waals surface area contributed by atoms with E-state index in [4.69, 9.17) is 4.74 Å². The van der Waals surface area contributed by atoms with Gasteiger partial charge in [-0.2, -0.15) is 0 Å². The summed E-state index contributed by atoms with van der Waals surface area (Å²) in [5.41, 5.74) is 2.10. The van der Waals surface area contributed by atoms with E-state index in [9.17, 15) is 9.59 Å². The molecule has 1 rings (SSSR count). The number of carbonyl (C=O) groups excluding carboxylic acids is 2. The van der Waals surface area contributed by atoms with Crippen molar-refractivity contribution in [1.82, 2.24) is 5.32 Å². The molecule has 1 amide bonds. The molecule has 1 aromatic carbocycles. The lowest BCUT2D eigenvalue weighted by atomic mass is 10.1. The monoisotopic (exact) mass is 279 g/mol. The van der Waals surface area contributed by atoms with Gasteiger partial charge in [0, 0.05) is 0 Å². The molecule has 0 saturated heterocycles. The van der Waals surface area contributed by atoms with Crippen LogP contribution in [0.4, 0.5) is 0 Å². The summed E-state index contributed by atoms with van der Waals surface area (Å²) in [6.07, 6.45) is 0.474. The zero-order chi connectivity index (χ0) is 15.1. The third-order valence-electron chi connectivity index (χ3n) is 3.14. The maximum absolute atomic E-state index is 11.8. The van der Waals surface area contributed by atoms with Crippen molar-refractivity contribution < 1.29 is 19.1 Å². The fourth-order valence-corrected chi connectivity index (χ4v) is 1.73. The molecule has 0 heterocycles. The van der Waals surface area contributed by atoms with Gasteiger partial charge in [0.15, 0.2) is 6.61 Å². The number of carbonyl (C=O) groups is 2. The van der Waals surface area contributed by atoms with E-state index in [2.05, 4.69) is 10.1 Å². The number of amides is 1. The number of esters is 1. The van der Waals surface area contributed by atoms with Gasteiger partial charge in [0.25, 0.3) is 5.91 Å². The number of ether oxygens (including phenoxy) is 2. The van der Waals surface area contributed by atoms with Gasteiger partial charge in [-0.3, -0.25) is 4.79 Å². The molecule has 0 radical (unpaired) electrons. The summed E-state index contributed by atoms with van der Waals surface area (Å²) in [5, 5.41) is 2.58. The lowest BCUT2D eigenvalue weighted by Gasteiger charge is -2.15. The minimum atomic E-state index is -0.630. The molecule has 1 atom stereocenters. The first-order valence-electron chi connectivity index (χ1n) is 6.55. The zero-order valence-corrected chi connectivity index (χ0v) is 12.4. The van der Waals surface area contributed by atoms with E-state index in [1.807, 2.05) is 32.0 Å². The van der Waals surface area contributed by atoms with Crippen LogP contribution in [-0.2, 0) is 14.3 Å². The third-order valence-corrected chi connectivity index (χ3v) is 3.14. The molecule has 0 aliphatic rings. The van der Waals surface area contributed by atoms with Crippen molar-refractivity contribution in [1.29, 1.82) is 0 Å². The second kappa shape index (κ2) is 7.53. The summed E-state index contributed by atoms with van der Waals surface area (Å²) in [4.78, 5) is 23.1. The van der Waals surface area contributed by atoms with Gasteiger partial charge >= 0.3 is 5.97 Å². The van der Waals surface area contributed by atoms with Crippen LogP contribution >= 0.6 is 0 Å². The Morgan fingerprint density at radius 1 is 1.30 bits per heavy atom. The van der Waals surface area contributed by atoms with Gasteiger partial charge in [0.05, 0.1) is 7.11 Å². The highest BCUT2D eigenvalue weighted by atomic mass is 16.5. The number of benzene rings is 1. The van der Waals surface area contributed by atoms with Crippen LogP contribution < -0.4 is 10.1 Å². The van der Waals surface area contributed by atoms with E-state index in [0.717, 1.165) is 11.1 Å². The molecule has 0 fully saturated rings. The molecular weight excluding hydrogens is 258 g/mol. The predicted molar refractivity (Wildman–Crippen MR) is 75.6 cm³/mol. The molecule has 0 aliphatic carbocycles. The van der Waals surface area contributed by atoms with Crippen molar-refractivity contribution in [3.05, 3.63) is 29.3 Å². The van der Waals surface area contributed by atoms with Crippen molar-refractivity contribution in [2.24, 2.45) is 0 Å². The Bertz CT molecular complexity index is 485. The average molecular weight is 279 g/mol. The van der Waals surface area contributed by atoms with E-state index >= 15 is 0 Å². The second-order valence-corrected chi connectivity index (χ2v) is 4.54. The van der Waals surface area contributed by atoms with Gasteiger partial charge in [0.1, 0.15) is 11.8 Å². The molecule has 110 valence electrons. The van der Waals surface area contributed by atoms with Gasteiger partial charge in [-0.25, -0.2) is 4.79 Å². The summed E-state index contributed by atoms with van der Waals surface area (Å²) in [7, 11) is 1.30. The van der Waals surface area contributed by atoms with Gasteiger partial charge in [-0.1, -0.05) is 19.1 Å². The molecule has 0 spiro atoms. The molecule has 0 saturated carbocycles. The average Bonchev–Trinajstić information content (AvgIpc) is 2.45. The highest BCUT2D eigenvalue weighted by Gasteiger charge is 2.19. The van der Waals surface area contributed by atoms with Crippen LogP contribution in [0.3, 0.4) is 0 Å². The summed E-state index contributed by atoms with van der Waals surface area (Å²) < 4.78 is 10.1. The van der Waals surface area contributed by atoms with Crippen molar-refractivity contribution in [2.75, 3.05) is 13.7 Å². The van der Waals surface area contributed by atoms with E-state index in [1.54, 1.807) is 6.92 Å². The number of hydrogen-bond donors (Lipinski definition) is 1. The Balaban J connectivity index is 2.55. The van der Waals surface area contributed by atoms with Crippen molar-refractivity contribution in [3.8, 4) is 5.75 Å². The van der Waals surface area contributed by atoms with Crippen molar-refractivity contribution in [3.63, 3.8) is 0 Å². The van der Waals surface area contributed by atoms with E-state index < -0.39 is 12.0 Å². The summed E-state index contributed by atoms with van der Waals surface area (Å²) in [6, 6.07) is 5.04. The second-order valence-electron chi connectivity index (χ2n) is 4.54. The first-order valence-corrected chi connectivity index (χ1v) is 6.55. The standard InChI is InChI=1S/C15H21NO4/c1-5-12(15(18)19-4)16-14(17)9-20-13-8-6-7-10(2)11(13)3/h6-8,12H,5,9H2,1-4H3,(H,16,17). The fourth-order valence-electron chi connectivity index (χ4n) is 1.73. The Hall–Kier alpha value is -2.04. The first kappa shape index (κ1) is 16.0. The predicted octanol–water partition coefficient (Wildman–Crippen LogP) is 1.75. The SMILES string of the molecule is CCC(NC(=O)COc1cccc(C)c1C)C(=O)OC. The zero-order valence-electron chi connectivity index (χ0n) is 12.4. The van der Waals surface area contributed by atoms with Crippen LogP contribution in [0.15, 0.2) is 18.2 Å². The molecular formula is C15H21NO4. The molecule has 0 aliphatic heterocycles. The molecule has 5 heteroatoms. The van der Waals surface area contributed by atoms with E-state index in [1.165, 1.54) is 7.11 Å². The highest BCUT2D eigenvalue weighted by molar-refractivity contribution is 5.85. The van der Waals surface area contributed by atoms with Gasteiger partial charge < -0.3 is 14.8 Å². The Kier molecular flexibility index (Phi) is 6.03. The summed E-state index contributed by atoms with van der Waals surface area (Å²) in [5.74, 6) is -0.123. The molecule has 0 bridgehead atoms. The van der Waals surface area contributed by atoms with E-state index in [-0.39, 0.29) is 12.5 Å². The number of nitrogens with one attached hydrogen (secondary N) is 1. The lowest BCUT2D eigenvalue weighted by molar-refractivity contribution is -0.145. The third kappa shape index (κ3) is 4.26. The van der Waals surface area contributed by atoms with Crippen molar-refractivity contribution in [2.45, 2.75) is 33.2 Å². The van der Waals surface area contributed by atoms with Crippen LogP contribution in [0.5, 0.6) is 5.75 Å². The van der Waals surface area contributed by atoms with E-state index in [0.29, 0.717) is 12.2 Å². The number of aryl methyl sites for hydroxylation is 1. The van der Waals surface area contributed by atoms with Crippen LogP contribution in [0.1, 0.15) is 24.5 Å². The fraction of sp³-hybridized carbons (Fsp3) is 0.467. The van der Waals surface area contributed by atoms with Crippen LogP contribution in [0.25, 0.3) is 0 Å². The Labute approximate surface area is 119 Å². The normalized spacial score (nSPS) is 11.6. The highest BCUT2D eigenvalue weighted by Crippen LogP contribution is 2.20. The lowest BCUT2D eigenvalue weighted by Crippen LogP contribution is -2.43. The first-order chi connectivity index (χ1) is 9.49. The topological polar surface area (TPSA) is 64.6 Å². The molecule has 1 unspecified atom stereocenters. The largest absolute Gasteiger partial charge is 0.483 e. The number of methoxy groups -OCH3 is 1. The van der Waals surface area contributed by atoms with Crippen LogP contribution in [0.2, 0.25) is 0 Å². The van der Waals surface area contributed by atoms with Gasteiger partial charge in [-0.15, -0.1) is 0 Å². The smallest absolute Gasteiger partial charge is 0.328 e. The number of hydrogen-bond acceptors (Lipinski definition) is 4. The summed E-state index contributed by atoms with van der Waals surface area (Å²) in [6.45, 7) is 5.59.